The van der Waals surface area contributed by atoms with E-state index < -0.39 is 0 Å². The van der Waals surface area contributed by atoms with Gasteiger partial charge in [-0.1, -0.05) is 12.1 Å². The number of halogens is 1. The molecule has 0 amide bonds. The molecular weight excluding hydrogens is 271 g/mol. The van der Waals surface area contributed by atoms with Crippen LogP contribution in [0.3, 0.4) is 0 Å². The van der Waals surface area contributed by atoms with Crippen LogP contribution >= 0.6 is 11.3 Å². The van der Waals surface area contributed by atoms with Crippen molar-refractivity contribution in [2.45, 2.75) is 20.0 Å². The Labute approximate surface area is 124 Å². The molecule has 2 rings (SSSR count). The second-order valence-corrected chi connectivity index (χ2v) is 6.43. The van der Waals surface area contributed by atoms with Crippen LogP contribution in [-0.2, 0) is 13.1 Å². The second-order valence-electron chi connectivity index (χ2n) is 5.06. The van der Waals surface area contributed by atoms with Gasteiger partial charge in [0.15, 0.2) is 0 Å². The zero-order valence-electron chi connectivity index (χ0n) is 12.0. The van der Waals surface area contributed by atoms with Crippen molar-refractivity contribution in [1.29, 1.82) is 0 Å². The number of nitrogens with one attached hydrogen (secondary N) is 1. The number of thiophene rings is 1. The van der Waals surface area contributed by atoms with Crippen molar-refractivity contribution in [2.24, 2.45) is 0 Å². The highest BCUT2D eigenvalue weighted by molar-refractivity contribution is 7.11. The molecule has 1 aromatic heterocycles. The topological polar surface area (TPSA) is 15.3 Å². The number of nitrogens with zero attached hydrogens (tertiary/aromatic N) is 1. The Kier molecular flexibility index (Phi) is 5.71. The zero-order chi connectivity index (χ0) is 14.4. The first-order chi connectivity index (χ1) is 9.63. The molecule has 0 saturated carbocycles. The van der Waals surface area contributed by atoms with Crippen molar-refractivity contribution < 1.29 is 4.39 Å². The van der Waals surface area contributed by atoms with Crippen molar-refractivity contribution in [3.05, 3.63) is 57.5 Å². The van der Waals surface area contributed by atoms with Crippen LogP contribution in [0.5, 0.6) is 0 Å². The first kappa shape index (κ1) is 15.2. The Morgan fingerprint density at radius 1 is 1.25 bits per heavy atom. The monoisotopic (exact) mass is 292 g/mol. The van der Waals surface area contributed by atoms with E-state index in [4.69, 9.17) is 0 Å². The molecule has 0 saturated heterocycles. The van der Waals surface area contributed by atoms with Gasteiger partial charge in [0.25, 0.3) is 0 Å². The predicted octanol–water partition coefficient (Wildman–Crippen LogP) is 3.42. The lowest BCUT2D eigenvalue weighted by atomic mass is 10.2. The minimum atomic E-state index is -0.165. The third kappa shape index (κ3) is 5.04. The van der Waals surface area contributed by atoms with Crippen molar-refractivity contribution in [2.75, 3.05) is 20.1 Å². The highest BCUT2D eigenvalue weighted by atomic mass is 32.1. The van der Waals surface area contributed by atoms with Gasteiger partial charge in [0, 0.05) is 35.9 Å². The average Bonchev–Trinajstić information content (AvgIpc) is 2.80. The number of likely N-dealkylation sites (N-methyl/N-ethyl adjacent to an activating group) is 1. The Balaban J connectivity index is 1.66. The third-order valence-corrected chi connectivity index (χ3v) is 4.11. The Hall–Kier alpha value is -1.23. The summed E-state index contributed by atoms with van der Waals surface area (Å²) in [5, 5.41) is 3.44. The van der Waals surface area contributed by atoms with Crippen LogP contribution in [0.2, 0.25) is 0 Å². The molecule has 4 heteroatoms. The Morgan fingerprint density at radius 2 is 2.10 bits per heavy atom. The highest BCUT2D eigenvalue weighted by Crippen LogP contribution is 2.14. The van der Waals surface area contributed by atoms with E-state index in [1.807, 2.05) is 17.4 Å². The van der Waals surface area contributed by atoms with Gasteiger partial charge in [-0.15, -0.1) is 11.3 Å². The molecule has 0 bridgehead atoms. The van der Waals surface area contributed by atoms with Crippen molar-refractivity contribution in [3.63, 3.8) is 0 Å². The van der Waals surface area contributed by atoms with Gasteiger partial charge in [0.05, 0.1) is 0 Å². The van der Waals surface area contributed by atoms with E-state index in [-0.39, 0.29) is 5.82 Å². The maximum atomic E-state index is 13.1. The molecule has 1 aromatic carbocycles. The minimum absolute atomic E-state index is 0.165. The van der Waals surface area contributed by atoms with Gasteiger partial charge in [-0.05, 0) is 43.8 Å². The maximum absolute atomic E-state index is 13.1. The fraction of sp³-hybridized carbons (Fsp3) is 0.375. The average molecular weight is 292 g/mol. The molecule has 1 heterocycles. The molecule has 20 heavy (non-hydrogen) atoms. The van der Waals surface area contributed by atoms with Gasteiger partial charge >= 0.3 is 0 Å². The first-order valence-electron chi connectivity index (χ1n) is 6.82. The molecule has 0 radical (unpaired) electrons. The van der Waals surface area contributed by atoms with E-state index in [0.717, 1.165) is 31.7 Å². The van der Waals surface area contributed by atoms with Crippen LogP contribution in [0.15, 0.2) is 36.4 Å². The first-order valence-corrected chi connectivity index (χ1v) is 7.64. The van der Waals surface area contributed by atoms with Gasteiger partial charge in [-0.3, -0.25) is 0 Å². The zero-order valence-corrected chi connectivity index (χ0v) is 12.8. The van der Waals surface area contributed by atoms with E-state index in [2.05, 4.69) is 36.3 Å². The molecule has 0 aliphatic carbocycles. The lowest BCUT2D eigenvalue weighted by Gasteiger charge is -2.17. The molecule has 0 aliphatic rings. The SMILES string of the molecule is Cc1ccc(CNCCN(C)Cc2cccc(F)c2)s1. The maximum Gasteiger partial charge on any atom is 0.123 e. The normalized spacial score (nSPS) is 11.2. The summed E-state index contributed by atoms with van der Waals surface area (Å²) in [6.07, 6.45) is 0. The number of hydrogen-bond donors (Lipinski definition) is 1. The summed E-state index contributed by atoms with van der Waals surface area (Å²) in [7, 11) is 2.06. The summed E-state index contributed by atoms with van der Waals surface area (Å²) in [6, 6.07) is 11.1. The molecule has 0 fully saturated rings. The summed E-state index contributed by atoms with van der Waals surface area (Å²) in [4.78, 5) is 4.92. The lowest BCUT2D eigenvalue weighted by molar-refractivity contribution is 0.324. The standard InChI is InChI=1S/C16H21FN2S/c1-13-6-7-16(20-13)11-18-8-9-19(2)12-14-4-3-5-15(17)10-14/h3-7,10,18H,8-9,11-12H2,1-2H3. The summed E-state index contributed by atoms with van der Waals surface area (Å²) in [5.41, 5.74) is 1.02. The van der Waals surface area contributed by atoms with Crippen LogP contribution < -0.4 is 5.32 Å². The quantitative estimate of drug-likeness (QED) is 0.787. The lowest BCUT2D eigenvalue weighted by Crippen LogP contribution is -2.28. The van der Waals surface area contributed by atoms with E-state index in [0.29, 0.717) is 0 Å². The van der Waals surface area contributed by atoms with Crippen LogP contribution in [-0.4, -0.2) is 25.0 Å². The van der Waals surface area contributed by atoms with Crippen LogP contribution in [0.25, 0.3) is 0 Å². The molecule has 0 spiro atoms. The van der Waals surface area contributed by atoms with Crippen molar-refractivity contribution >= 4 is 11.3 Å². The largest absolute Gasteiger partial charge is 0.311 e. The van der Waals surface area contributed by atoms with Gasteiger partial charge in [-0.2, -0.15) is 0 Å². The summed E-state index contributed by atoms with van der Waals surface area (Å²) < 4.78 is 13.1. The summed E-state index contributed by atoms with van der Waals surface area (Å²) in [5.74, 6) is -0.165. The van der Waals surface area contributed by atoms with E-state index in [1.165, 1.54) is 15.8 Å². The van der Waals surface area contributed by atoms with Gasteiger partial charge in [0.2, 0.25) is 0 Å². The molecule has 1 N–H and O–H groups in total. The van der Waals surface area contributed by atoms with Crippen molar-refractivity contribution in [3.8, 4) is 0 Å². The summed E-state index contributed by atoms with van der Waals surface area (Å²) in [6.45, 7) is 5.70. The van der Waals surface area contributed by atoms with Gasteiger partial charge < -0.3 is 10.2 Å². The molecule has 2 nitrogen and oxygen atoms in total. The molecule has 0 atom stereocenters. The fourth-order valence-corrected chi connectivity index (χ4v) is 2.95. The van der Waals surface area contributed by atoms with E-state index >= 15 is 0 Å². The van der Waals surface area contributed by atoms with Crippen LogP contribution in [0.1, 0.15) is 15.3 Å². The molecule has 2 aromatic rings. The van der Waals surface area contributed by atoms with Gasteiger partial charge in [0.1, 0.15) is 5.82 Å². The molecule has 0 aliphatic heterocycles. The minimum Gasteiger partial charge on any atom is -0.311 e. The van der Waals surface area contributed by atoms with Crippen LogP contribution in [0, 0.1) is 12.7 Å². The van der Waals surface area contributed by atoms with Crippen molar-refractivity contribution in [1.82, 2.24) is 10.2 Å². The molecule has 108 valence electrons. The number of benzene rings is 1. The Bertz CT molecular complexity index is 539. The number of hydrogen-bond acceptors (Lipinski definition) is 3. The van der Waals surface area contributed by atoms with E-state index in [9.17, 15) is 4.39 Å². The molecule has 0 unspecified atom stereocenters. The van der Waals surface area contributed by atoms with E-state index in [1.54, 1.807) is 12.1 Å². The van der Waals surface area contributed by atoms with Gasteiger partial charge in [-0.25, -0.2) is 4.39 Å². The second kappa shape index (κ2) is 7.53. The number of rotatable bonds is 7. The summed E-state index contributed by atoms with van der Waals surface area (Å²) >= 11 is 1.83. The number of aryl methyl sites for hydroxylation is 1. The van der Waals surface area contributed by atoms with Crippen LogP contribution in [0.4, 0.5) is 4.39 Å². The fourth-order valence-electron chi connectivity index (χ4n) is 2.09. The molecular formula is C16H21FN2S. The smallest absolute Gasteiger partial charge is 0.123 e. The highest BCUT2D eigenvalue weighted by Gasteiger charge is 2.02. The predicted molar refractivity (Wildman–Crippen MR) is 83.5 cm³/mol. The Morgan fingerprint density at radius 3 is 2.80 bits per heavy atom. The third-order valence-electron chi connectivity index (χ3n) is 3.11.